The molecule has 4 nitrogen and oxygen atoms in total. The molecule has 0 saturated carbocycles. The number of para-hydroxylation sites is 1. The predicted octanol–water partition coefficient (Wildman–Crippen LogP) is 3.12. The lowest BCUT2D eigenvalue weighted by atomic mass is 10.2. The second-order valence-corrected chi connectivity index (χ2v) is 4.81. The van der Waals surface area contributed by atoms with E-state index in [0.29, 0.717) is 10.7 Å². The number of thiazole rings is 1. The Labute approximate surface area is 114 Å². The molecule has 1 heterocycles. The van der Waals surface area contributed by atoms with Gasteiger partial charge in [-0.3, -0.25) is 4.98 Å². The molecule has 18 heavy (non-hydrogen) atoms. The maximum Gasteiger partial charge on any atom is 0.333 e. The van der Waals surface area contributed by atoms with Crippen molar-refractivity contribution >= 4 is 34.6 Å². The Morgan fingerprint density at radius 1 is 1.50 bits per heavy atom. The number of nitrogens with one attached hydrogen (secondary N) is 1. The zero-order valence-electron chi connectivity index (χ0n) is 9.59. The molecule has 6 heteroatoms. The van der Waals surface area contributed by atoms with Gasteiger partial charge in [0.1, 0.15) is 0 Å². The Morgan fingerprint density at radius 2 is 2.28 bits per heavy atom. The van der Waals surface area contributed by atoms with E-state index < -0.39 is 6.04 Å². The molecule has 2 rings (SSSR count). The van der Waals surface area contributed by atoms with Crippen molar-refractivity contribution in [2.24, 2.45) is 0 Å². The first kappa shape index (κ1) is 12.9. The minimum atomic E-state index is -0.595. The fourth-order valence-corrected chi connectivity index (χ4v) is 2.31. The SMILES string of the molecule is COC(=O)C(Nc1ccccc1Cl)c1cncs1. The van der Waals surface area contributed by atoms with Gasteiger partial charge in [-0.2, -0.15) is 0 Å². The van der Waals surface area contributed by atoms with Crippen LogP contribution in [-0.2, 0) is 9.53 Å². The number of benzene rings is 1. The summed E-state index contributed by atoms with van der Waals surface area (Å²) in [6, 6.07) is 6.63. The van der Waals surface area contributed by atoms with E-state index in [1.165, 1.54) is 18.4 Å². The standard InChI is InChI=1S/C12H11ClN2O2S/c1-17-12(16)11(10-6-14-7-18-10)15-9-5-3-2-4-8(9)13/h2-7,11,15H,1H3. The summed E-state index contributed by atoms with van der Waals surface area (Å²) in [5.41, 5.74) is 2.35. The second-order valence-electron chi connectivity index (χ2n) is 3.48. The predicted molar refractivity (Wildman–Crippen MR) is 71.9 cm³/mol. The van der Waals surface area contributed by atoms with Crippen molar-refractivity contribution in [1.82, 2.24) is 4.98 Å². The molecule has 1 N–H and O–H groups in total. The van der Waals surface area contributed by atoms with E-state index in [9.17, 15) is 4.79 Å². The molecule has 94 valence electrons. The Bertz CT molecular complexity index is 531. The van der Waals surface area contributed by atoms with E-state index in [4.69, 9.17) is 16.3 Å². The van der Waals surface area contributed by atoms with Crippen LogP contribution in [-0.4, -0.2) is 18.1 Å². The van der Waals surface area contributed by atoms with Crippen molar-refractivity contribution in [3.8, 4) is 0 Å². The van der Waals surface area contributed by atoms with Crippen molar-refractivity contribution in [3.63, 3.8) is 0 Å². The van der Waals surface area contributed by atoms with Crippen LogP contribution in [0.2, 0.25) is 5.02 Å². The highest BCUT2D eigenvalue weighted by atomic mass is 35.5. The third-order valence-corrected chi connectivity index (χ3v) is 3.52. The highest BCUT2D eigenvalue weighted by Gasteiger charge is 2.23. The lowest BCUT2D eigenvalue weighted by Gasteiger charge is -2.16. The van der Waals surface area contributed by atoms with Gasteiger partial charge in [0.25, 0.3) is 0 Å². The largest absolute Gasteiger partial charge is 0.467 e. The summed E-state index contributed by atoms with van der Waals surface area (Å²) in [7, 11) is 1.35. The zero-order chi connectivity index (χ0) is 13.0. The number of methoxy groups -OCH3 is 1. The molecule has 1 aromatic carbocycles. The first-order chi connectivity index (χ1) is 8.72. The third-order valence-electron chi connectivity index (χ3n) is 2.35. The Hall–Kier alpha value is -1.59. The van der Waals surface area contributed by atoms with Crippen LogP contribution in [0.4, 0.5) is 5.69 Å². The molecular weight excluding hydrogens is 272 g/mol. The lowest BCUT2D eigenvalue weighted by molar-refractivity contribution is -0.141. The number of ether oxygens (including phenoxy) is 1. The molecule has 2 aromatic rings. The Kier molecular flexibility index (Phi) is 4.17. The molecule has 0 aliphatic heterocycles. The number of halogens is 1. The lowest BCUT2D eigenvalue weighted by Crippen LogP contribution is -2.21. The van der Waals surface area contributed by atoms with Gasteiger partial charge in [-0.05, 0) is 12.1 Å². The van der Waals surface area contributed by atoms with Crippen molar-refractivity contribution < 1.29 is 9.53 Å². The van der Waals surface area contributed by atoms with Crippen LogP contribution in [0.3, 0.4) is 0 Å². The Morgan fingerprint density at radius 3 is 2.89 bits per heavy atom. The minimum Gasteiger partial charge on any atom is -0.467 e. The number of rotatable bonds is 4. The van der Waals surface area contributed by atoms with Gasteiger partial charge < -0.3 is 10.1 Å². The maximum absolute atomic E-state index is 11.8. The minimum absolute atomic E-state index is 0.376. The van der Waals surface area contributed by atoms with Crippen molar-refractivity contribution in [1.29, 1.82) is 0 Å². The molecule has 0 radical (unpaired) electrons. The number of carbonyl (C=O) groups excluding carboxylic acids is 1. The molecule has 1 aromatic heterocycles. The van der Waals surface area contributed by atoms with E-state index in [1.54, 1.807) is 23.8 Å². The molecule has 0 spiro atoms. The number of nitrogens with zero attached hydrogens (tertiary/aromatic N) is 1. The molecule has 0 fully saturated rings. The topological polar surface area (TPSA) is 51.2 Å². The van der Waals surface area contributed by atoms with E-state index in [-0.39, 0.29) is 5.97 Å². The first-order valence-electron chi connectivity index (χ1n) is 5.19. The quantitative estimate of drug-likeness (QED) is 0.876. The van der Waals surface area contributed by atoms with E-state index in [1.807, 2.05) is 12.1 Å². The monoisotopic (exact) mass is 282 g/mol. The number of hydrogen-bond acceptors (Lipinski definition) is 5. The fourth-order valence-electron chi connectivity index (χ4n) is 1.47. The third kappa shape index (κ3) is 2.80. The summed E-state index contributed by atoms with van der Waals surface area (Å²) >= 11 is 7.43. The normalized spacial score (nSPS) is 11.9. The number of esters is 1. The fraction of sp³-hybridized carbons (Fsp3) is 0.167. The summed E-state index contributed by atoms with van der Waals surface area (Å²) in [5, 5.41) is 3.62. The highest BCUT2D eigenvalue weighted by Crippen LogP contribution is 2.28. The van der Waals surface area contributed by atoms with E-state index >= 15 is 0 Å². The number of aromatic nitrogens is 1. The van der Waals surface area contributed by atoms with Crippen molar-refractivity contribution in [3.05, 3.63) is 45.9 Å². The maximum atomic E-state index is 11.8. The summed E-state index contributed by atoms with van der Waals surface area (Å²) in [5.74, 6) is -0.376. The van der Waals surface area contributed by atoms with Crippen LogP contribution in [0.1, 0.15) is 10.9 Å². The molecule has 0 bridgehead atoms. The summed E-state index contributed by atoms with van der Waals surface area (Å²) < 4.78 is 4.78. The van der Waals surface area contributed by atoms with Crippen LogP contribution < -0.4 is 5.32 Å². The molecule has 0 aliphatic carbocycles. The molecular formula is C12H11ClN2O2S. The summed E-state index contributed by atoms with van der Waals surface area (Å²) in [6.45, 7) is 0. The molecule has 0 saturated heterocycles. The zero-order valence-corrected chi connectivity index (χ0v) is 11.2. The van der Waals surface area contributed by atoms with Gasteiger partial charge >= 0.3 is 5.97 Å². The van der Waals surface area contributed by atoms with Gasteiger partial charge in [0.2, 0.25) is 0 Å². The van der Waals surface area contributed by atoms with E-state index in [0.717, 1.165) is 4.88 Å². The van der Waals surface area contributed by atoms with Gasteiger partial charge in [-0.15, -0.1) is 11.3 Å². The highest BCUT2D eigenvalue weighted by molar-refractivity contribution is 7.09. The second kappa shape index (κ2) is 5.84. The first-order valence-corrected chi connectivity index (χ1v) is 6.45. The van der Waals surface area contributed by atoms with Crippen molar-refractivity contribution in [2.75, 3.05) is 12.4 Å². The smallest absolute Gasteiger partial charge is 0.333 e. The van der Waals surface area contributed by atoms with Crippen molar-refractivity contribution in [2.45, 2.75) is 6.04 Å². The Balaban J connectivity index is 2.26. The van der Waals surface area contributed by atoms with Gasteiger partial charge in [-0.1, -0.05) is 23.7 Å². The van der Waals surface area contributed by atoms with Crippen LogP contribution in [0.15, 0.2) is 36.0 Å². The van der Waals surface area contributed by atoms with Gasteiger partial charge in [0.05, 0.1) is 28.2 Å². The van der Waals surface area contributed by atoms with Crippen LogP contribution in [0.5, 0.6) is 0 Å². The summed E-state index contributed by atoms with van der Waals surface area (Å²) in [6.07, 6.45) is 1.64. The van der Waals surface area contributed by atoms with Gasteiger partial charge in [-0.25, -0.2) is 4.79 Å². The summed E-state index contributed by atoms with van der Waals surface area (Å²) in [4.78, 5) is 16.5. The number of carbonyl (C=O) groups is 1. The molecule has 0 amide bonds. The average Bonchev–Trinajstić information content (AvgIpc) is 2.90. The average molecular weight is 283 g/mol. The van der Waals surface area contributed by atoms with Gasteiger partial charge in [0.15, 0.2) is 6.04 Å². The van der Waals surface area contributed by atoms with Crippen LogP contribution in [0.25, 0.3) is 0 Å². The molecule has 1 unspecified atom stereocenters. The molecule has 0 aliphatic rings. The van der Waals surface area contributed by atoms with Gasteiger partial charge in [0, 0.05) is 6.20 Å². The van der Waals surface area contributed by atoms with E-state index in [2.05, 4.69) is 10.3 Å². The van der Waals surface area contributed by atoms with Crippen LogP contribution in [0, 0.1) is 0 Å². The molecule has 1 atom stereocenters. The van der Waals surface area contributed by atoms with Crippen LogP contribution >= 0.6 is 22.9 Å². The number of hydrogen-bond donors (Lipinski definition) is 1. The number of anilines is 1.